The number of esters is 2. The van der Waals surface area contributed by atoms with Gasteiger partial charge in [-0.3, -0.25) is 4.90 Å². The van der Waals surface area contributed by atoms with Crippen LogP contribution in [0.25, 0.3) is 0 Å². The number of carbonyl (C=O) groups is 2. The number of hydrogen-bond donors (Lipinski definition) is 1. The van der Waals surface area contributed by atoms with E-state index < -0.39 is 40.9 Å². The van der Waals surface area contributed by atoms with Crippen LogP contribution in [0.3, 0.4) is 0 Å². The lowest BCUT2D eigenvalue weighted by Crippen LogP contribution is -2.41. The number of allylic oxidation sites excluding steroid dienone is 1. The van der Waals surface area contributed by atoms with Gasteiger partial charge in [0.05, 0.1) is 43.0 Å². The van der Waals surface area contributed by atoms with Crippen molar-refractivity contribution in [2.24, 2.45) is 5.73 Å². The van der Waals surface area contributed by atoms with Gasteiger partial charge in [-0.15, -0.1) is 0 Å². The summed E-state index contributed by atoms with van der Waals surface area (Å²) >= 11 is 0. The summed E-state index contributed by atoms with van der Waals surface area (Å²) in [4.78, 5) is 26.4. The smallest absolute Gasteiger partial charge is 0.355 e. The molecule has 0 aliphatic carbocycles. The number of methoxy groups -OCH3 is 2. The number of anilines is 1. The monoisotopic (exact) mass is 425 g/mol. The molecule has 0 bridgehead atoms. The predicted octanol–water partition coefficient (Wildman–Crippen LogP) is 2.86. The standard InChI is InChI=1S/C22H17F2N3O4/c1-30-21(28)18-17(12-6-4-3-5-7-12)14(11-25)20(26)27(19(18)22(29)31-2)16-10-13(23)8-9-15(16)24/h3-10,17H,26H2,1-2H3. The van der Waals surface area contributed by atoms with Gasteiger partial charge in [0.15, 0.2) is 0 Å². The molecule has 1 unspecified atom stereocenters. The number of rotatable bonds is 4. The fourth-order valence-electron chi connectivity index (χ4n) is 3.42. The van der Waals surface area contributed by atoms with Gasteiger partial charge in [0, 0.05) is 6.07 Å². The van der Waals surface area contributed by atoms with Crippen molar-refractivity contribution in [3.63, 3.8) is 0 Å². The van der Waals surface area contributed by atoms with E-state index in [1.54, 1.807) is 30.3 Å². The molecule has 2 N–H and O–H groups in total. The van der Waals surface area contributed by atoms with Gasteiger partial charge in [0.2, 0.25) is 0 Å². The first kappa shape index (κ1) is 21.5. The number of halogens is 2. The van der Waals surface area contributed by atoms with Crippen LogP contribution >= 0.6 is 0 Å². The zero-order chi connectivity index (χ0) is 22.7. The highest BCUT2D eigenvalue weighted by atomic mass is 19.1. The van der Waals surface area contributed by atoms with E-state index in [9.17, 15) is 23.6 Å². The molecule has 9 heteroatoms. The van der Waals surface area contributed by atoms with Gasteiger partial charge < -0.3 is 15.2 Å². The van der Waals surface area contributed by atoms with Crippen LogP contribution in [-0.2, 0) is 19.1 Å². The SMILES string of the molecule is COC(=O)C1=C(C(=O)OC)N(c2cc(F)ccc2F)C(N)=C(C#N)C1c1ccccc1. The Morgan fingerprint density at radius 2 is 1.71 bits per heavy atom. The van der Waals surface area contributed by atoms with E-state index in [2.05, 4.69) is 0 Å². The Bertz CT molecular complexity index is 1150. The minimum absolute atomic E-state index is 0.150. The van der Waals surface area contributed by atoms with Crippen molar-refractivity contribution in [1.82, 2.24) is 0 Å². The van der Waals surface area contributed by atoms with Crippen LogP contribution in [0, 0.1) is 23.0 Å². The molecular formula is C22H17F2N3O4. The fourth-order valence-corrected chi connectivity index (χ4v) is 3.42. The van der Waals surface area contributed by atoms with Crippen molar-refractivity contribution < 1.29 is 27.8 Å². The largest absolute Gasteiger partial charge is 0.466 e. The summed E-state index contributed by atoms with van der Waals surface area (Å²) in [6.07, 6.45) is 0. The molecule has 0 aromatic heterocycles. The van der Waals surface area contributed by atoms with Crippen LogP contribution in [0.5, 0.6) is 0 Å². The molecular weight excluding hydrogens is 408 g/mol. The summed E-state index contributed by atoms with van der Waals surface area (Å²) in [6, 6.07) is 12.8. The van der Waals surface area contributed by atoms with Crippen molar-refractivity contribution in [3.8, 4) is 6.07 Å². The first-order chi connectivity index (χ1) is 14.8. The number of nitriles is 1. The van der Waals surface area contributed by atoms with Crippen LogP contribution in [0.4, 0.5) is 14.5 Å². The van der Waals surface area contributed by atoms with Crippen LogP contribution in [0.1, 0.15) is 11.5 Å². The first-order valence-corrected chi connectivity index (χ1v) is 8.96. The first-order valence-electron chi connectivity index (χ1n) is 8.96. The van der Waals surface area contributed by atoms with Gasteiger partial charge in [-0.25, -0.2) is 18.4 Å². The highest BCUT2D eigenvalue weighted by Gasteiger charge is 2.43. The predicted molar refractivity (Wildman–Crippen MR) is 106 cm³/mol. The zero-order valence-corrected chi connectivity index (χ0v) is 16.6. The zero-order valence-electron chi connectivity index (χ0n) is 16.6. The van der Waals surface area contributed by atoms with Crippen molar-refractivity contribution in [2.45, 2.75) is 5.92 Å². The molecule has 1 atom stereocenters. The molecule has 158 valence electrons. The number of nitrogens with two attached hydrogens (primary N) is 1. The molecule has 0 spiro atoms. The lowest BCUT2D eigenvalue weighted by atomic mass is 9.81. The topological polar surface area (TPSA) is 106 Å². The van der Waals surface area contributed by atoms with Crippen molar-refractivity contribution in [3.05, 3.63) is 88.4 Å². The third-order valence-electron chi connectivity index (χ3n) is 4.76. The lowest BCUT2D eigenvalue weighted by Gasteiger charge is -2.35. The molecule has 7 nitrogen and oxygen atoms in total. The van der Waals surface area contributed by atoms with Gasteiger partial charge in [0.1, 0.15) is 23.2 Å². The Labute approximate surface area is 176 Å². The van der Waals surface area contributed by atoms with E-state index in [4.69, 9.17) is 15.2 Å². The molecule has 2 aromatic rings. The van der Waals surface area contributed by atoms with Crippen molar-refractivity contribution in [2.75, 3.05) is 19.1 Å². The third kappa shape index (κ3) is 3.71. The van der Waals surface area contributed by atoms with E-state index in [1.807, 2.05) is 6.07 Å². The Hall–Kier alpha value is -4.19. The van der Waals surface area contributed by atoms with Crippen molar-refractivity contribution >= 4 is 17.6 Å². The second-order valence-electron chi connectivity index (χ2n) is 6.43. The Morgan fingerprint density at radius 3 is 2.29 bits per heavy atom. The Balaban J connectivity index is 2.45. The number of carbonyl (C=O) groups excluding carboxylic acids is 2. The van der Waals surface area contributed by atoms with Gasteiger partial charge in [-0.05, 0) is 17.7 Å². The summed E-state index contributed by atoms with van der Waals surface area (Å²) < 4.78 is 38.3. The van der Waals surface area contributed by atoms with Gasteiger partial charge in [-0.1, -0.05) is 30.3 Å². The van der Waals surface area contributed by atoms with Gasteiger partial charge in [-0.2, -0.15) is 5.26 Å². The number of hydrogen-bond acceptors (Lipinski definition) is 7. The van der Waals surface area contributed by atoms with Crippen LogP contribution in [0.2, 0.25) is 0 Å². The van der Waals surface area contributed by atoms with Crippen LogP contribution in [0.15, 0.2) is 71.2 Å². The summed E-state index contributed by atoms with van der Waals surface area (Å²) in [5, 5.41) is 9.86. The van der Waals surface area contributed by atoms with Crippen molar-refractivity contribution in [1.29, 1.82) is 5.26 Å². The minimum atomic E-state index is -1.10. The minimum Gasteiger partial charge on any atom is -0.466 e. The van der Waals surface area contributed by atoms with Gasteiger partial charge in [0.25, 0.3) is 0 Å². The van der Waals surface area contributed by atoms with E-state index >= 15 is 0 Å². The maximum absolute atomic E-state index is 14.7. The van der Waals surface area contributed by atoms with Crippen LogP contribution in [-0.4, -0.2) is 26.2 Å². The third-order valence-corrected chi connectivity index (χ3v) is 4.76. The summed E-state index contributed by atoms with van der Waals surface area (Å²) in [7, 11) is 2.15. The quantitative estimate of drug-likeness (QED) is 0.751. The second-order valence-corrected chi connectivity index (χ2v) is 6.43. The lowest BCUT2D eigenvalue weighted by molar-refractivity contribution is -0.139. The maximum atomic E-state index is 14.7. The molecule has 0 saturated heterocycles. The average molecular weight is 425 g/mol. The average Bonchev–Trinajstić information content (AvgIpc) is 2.79. The molecule has 1 heterocycles. The van der Waals surface area contributed by atoms with E-state index in [-0.39, 0.29) is 17.0 Å². The highest BCUT2D eigenvalue weighted by Crippen LogP contribution is 2.43. The molecule has 0 radical (unpaired) electrons. The number of ether oxygens (including phenoxy) is 2. The second kappa shape index (κ2) is 8.67. The highest BCUT2D eigenvalue weighted by molar-refractivity contribution is 6.06. The number of nitrogens with zero attached hydrogens (tertiary/aromatic N) is 2. The molecule has 0 saturated carbocycles. The van der Waals surface area contributed by atoms with E-state index in [1.165, 1.54) is 0 Å². The normalized spacial score (nSPS) is 16.1. The number of benzene rings is 2. The van der Waals surface area contributed by atoms with E-state index in [0.717, 1.165) is 37.3 Å². The molecule has 0 fully saturated rings. The summed E-state index contributed by atoms with van der Waals surface area (Å²) in [5.74, 6) is -5.22. The molecule has 1 aliphatic heterocycles. The van der Waals surface area contributed by atoms with Crippen LogP contribution < -0.4 is 10.6 Å². The fraction of sp³-hybridized carbons (Fsp3) is 0.136. The summed E-state index contributed by atoms with van der Waals surface area (Å²) in [6.45, 7) is 0. The maximum Gasteiger partial charge on any atom is 0.355 e. The Kier molecular flexibility index (Phi) is 6.02. The van der Waals surface area contributed by atoms with Gasteiger partial charge >= 0.3 is 11.9 Å². The molecule has 3 rings (SSSR count). The summed E-state index contributed by atoms with van der Waals surface area (Å²) in [5.41, 5.74) is 5.26. The molecule has 31 heavy (non-hydrogen) atoms. The van der Waals surface area contributed by atoms with E-state index in [0.29, 0.717) is 5.56 Å². The Morgan fingerprint density at radius 1 is 1.06 bits per heavy atom. The molecule has 1 aliphatic rings. The molecule has 2 aromatic carbocycles. The molecule has 0 amide bonds.